The quantitative estimate of drug-likeness (QED) is 0.428. The number of hydrogen-bond donors (Lipinski definition) is 3. The highest BCUT2D eigenvalue weighted by atomic mass is 16.5. The fourth-order valence-corrected chi connectivity index (χ4v) is 2.73. The average molecular weight is 377 g/mol. The lowest BCUT2D eigenvalue weighted by Gasteiger charge is -2.30. The van der Waals surface area contributed by atoms with Gasteiger partial charge in [-0.25, -0.2) is 0 Å². The van der Waals surface area contributed by atoms with Crippen LogP contribution in [0.4, 0.5) is 0 Å². The second-order valence-corrected chi connectivity index (χ2v) is 6.20. The molecule has 1 aliphatic rings. The minimum Gasteiger partial charge on any atom is -0.508 e. The average Bonchev–Trinajstić information content (AvgIpc) is 2.63. The van der Waals surface area contributed by atoms with Crippen LogP contribution in [0, 0.1) is 0 Å². The Labute approximate surface area is 156 Å². The number of phenols is 1. The number of nitrogens with zero attached hydrogens (tertiary/aromatic N) is 1. The summed E-state index contributed by atoms with van der Waals surface area (Å²) in [5.41, 5.74) is 6.65. The van der Waals surface area contributed by atoms with Crippen molar-refractivity contribution in [3.63, 3.8) is 0 Å². The molecule has 146 valence electrons. The number of likely N-dealkylation sites (tertiary alicyclic amines) is 1. The summed E-state index contributed by atoms with van der Waals surface area (Å²) >= 11 is 0. The number of imide groups is 1. The minimum absolute atomic E-state index is 0.0310. The van der Waals surface area contributed by atoms with Gasteiger partial charge in [-0.05, 0) is 37.5 Å². The molecule has 4 N–H and O–H groups in total. The van der Waals surface area contributed by atoms with Gasteiger partial charge in [-0.15, -0.1) is 0 Å². The Balaban J connectivity index is 1.95. The van der Waals surface area contributed by atoms with Crippen LogP contribution in [0.15, 0.2) is 24.3 Å². The highest BCUT2D eigenvalue weighted by Gasteiger charge is 2.37. The fourth-order valence-electron chi connectivity index (χ4n) is 2.73. The zero-order valence-corrected chi connectivity index (χ0v) is 15.0. The maximum Gasteiger partial charge on any atom is 0.326 e. The van der Waals surface area contributed by atoms with Crippen molar-refractivity contribution in [2.24, 2.45) is 5.73 Å². The number of benzene rings is 1. The van der Waals surface area contributed by atoms with E-state index in [1.807, 2.05) is 0 Å². The Kier molecular flexibility index (Phi) is 6.89. The number of esters is 1. The third kappa shape index (κ3) is 5.52. The predicted octanol–water partition coefficient (Wildman–Crippen LogP) is -0.541. The molecule has 1 fully saturated rings. The topological polar surface area (TPSA) is 139 Å². The van der Waals surface area contributed by atoms with E-state index in [1.54, 1.807) is 19.1 Å². The molecule has 0 saturated carbocycles. The van der Waals surface area contributed by atoms with E-state index in [0.717, 1.165) is 10.5 Å². The predicted molar refractivity (Wildman–Crippen MR) is 94.3 cm³/mol. The highest BCUT2D eigenvalue weighted by Crippen LogP contribution is 2.15. The highest BCUT2D eigenvalue weighted by molar-refractivity contribution is 6.04. The molecule has 1 aliphatic heterocycles. The zero-order valence-electron chi connectivity index (χ0n) is 15.0. The third-order valence-corrected chi connectivity index (χ3v) is 4.15. The van der Waals surface area contributed by atoms with Crippen LogP contribution >= 0.6 is 0 Å². The van der Waals surface area contributed by atoms with Gasteiger partial charge in [0.2, 0.25) is 11.8 Å². The molecule has 1 aromatic carbocycles. The first-order chi connectivity index (χ1) is 12.8. The van der Waals surface area contributed by atoms with Gasteiger partial charge in [0.1, 0.15) is 18.3 Å². The van der Waals surface area contributed by atoms with Crippen LogP contribution in [0.5, 0.6) is 5.75 Å². The first-order valence-corrected chi connectivity index (χ1v) is 8.65. The molecule has 1 saturated heterocycles. The summed E-state index contributed by atoms with van der Waals surface area (Å²) < 4.78 is 4.76. The van der Waals surface area contributed by atoms with Crippen molar-refractivity contribution < 1.29 is 29.0 Å². The maximum atomic E-state index is 12.4. The van der Waals surface area contributed by atoms with Crippen LogP contribution < -0.4 is 11.1 Å². The smallest absolute Gasteiger partial charge is 0.326 e. The van der Waals surface area contributed by atoms with Gasteiger partial charge in [0, 0.05) is 6.42 Å². The van der Waals surface area contributed by atoms with E-state index in [-0.39, 0.29) is 31.6 Å². The molecule has 0 bridgehead atoms. The molecular formula is C18H23N3O6. The molecule has 9 nitrogen and oxygen atoms in total. The number of nitrogens with one attached hydrogen (secondary N) is 1. The number of phenolic OH excluding ortho intramolecular Hbond substituents is 1. The van der Waals surface area contributed by atoms with Crippen LogP contribution in [-0.4, -0.2) is 58.9 Å². The second-order valence-electron chi connectivity index (χ2n) is 6.20. The number of rotatable bonds is 7. The molecule has 0 spiro atoms. The molecule has 2 atom stereocenters. The van der Waals surface area contributed by atoms with Crippen molar-refractivity contribution >= 4 is 23.7 Å². The number of hydrogen-bond acceptors (Lipinski definition) is 7. The van der Waals surface area contributed by atoms with Gasteiger partial charge in [-0.1, -0.05) is 12.1 Å². The summed E-state index contributed by atoms with van der Waals surface area (Å²) in [5, 5.41) is 11.8. The Morgan fingerprint density at radius 1 is 1.33 bits per heavy atom. The van der Waals surface area contributed by atoms with Crippen molar-refractivity contribution in [1.82, 2.24) is 10.2 Å². The number of ether oxygens (including phenoxy) is 1. The minimum atomic E-state index is -0.921. The van der Waals surface area contributed by atoms with Crippen LogP contribution in [0.3, 0.4) is 0 Å². The van der Waals surface area contributed by atoms with E-state index in [4.69, 9.17) is 10.5 Å². The lowest BCUT2D eigenvalue weighted by Crippen LogP contribution is -2.58. The molecular weight excluding hydrogens is 354 g/mol. The van der Waals surface area contributed by atoms with Gasteiger partial charge >= 0.3 is 5.97 Å². The number of carbonyl (C=O) groups is 4. The molecule has 0 unspecified atom stereocenters. The molecule has 1 heterocycles. The van der Waals surface area contributed by atoms with Crippen LogP contribution in [0.2, 0.25) is 0 Å². The molecule has 27 heavy (non-hydrogen) atoms. The first-order valence-electron chi connectivity index (χ1n) is 8.65. The monoisotopic (exact) mass is 377 g/mol. The van der Waals surface area contributed by atoms with Gasteiger partial charge in [0.15, 0.2) is 0 Å². The van der Waals surface area contributed by atoms with Gasteiger partial charge in [0.25, 0.3) is 5.91 Å². The molecule has 0 radical (unpaired) electrons. The van der Waals surface area contributed by atoms with Crippen LogP contribution in [-0.2, 0) is 30.3 Å². The molecule has 9 heteroatoms. The standard InChI is InChI=1S/C18H23N3O6/c1-2-27-16(24)10-21-15(23)8-7-14(18(21)26)20-17(25)13(19)9-11-3-5-12(22)6-4-11/h3-6,13-14,22H,2,7-10,19H2,1H3,(H,20,25)/t13-,14-/m0/s1. The lowest BCUT2D eigenvalue weighted by atomic mass is 10.0. The maximum absolute atomic E-state index is 12.4. The second kappa shape index (κ2) is 9.13. The Morgan fingerprint density at radius 2 is 2.00 bits per heavy atom. The van der Waals surface area contributed by atoms with Crippen LogP contribution in [0.25, 0.3) is 0 Å². The lowest BCUT2D eigenvalue weighted by molar-refractivity contribution is -0.158. The number of amides is 3. The Bertz CT molecular complexity index is 718. The molecule has 2 rings (SSSR count). The van der Waals surface area contributed by atoms with E-state index >= 15 is 0 Å². The van der Waals surface area contributed by atoms with Gasteiger partial charge in [-0.3, -0.25) is 24.1 Å². The Hall–Kier alpha value is -2.94. The summed E-state index contributed by atoms with van der Waals surface area (Å²) in [7, 11) is 0. The van der Waals surface area contributed by atoms with Crippen molar-refractivity contribution in [2.45, 2.75) is 38.3 Å². The number of aromatic hydroxyl groups is 1. The number of nitrogens with two attached hydrogens (primary N) is 1. The van der Waals surface area contributed by atoms with Crippen molar-refractivity contribution in [3.05, 3.63) is 29.8 Å². The summed E-state index contributed by atoms with van der Waals surface area (Å²) in [6.45, 7) is 1.29. The van der Waals surface area contributed by atoms with E-state index in [1.165, 1.54) is 12.1 Å². The summed E-state index contributed by atoms with van der Waals surface area (Å²) in [4.78, 5) is 49.0. The van der Waals surface area contributed by atoms with E-state index in [9.17, 15) is 24.3 Å². The van der Waals surface area contributed by atoms with Gasteiger partial charge in [0.05, 0.1) is 12.6 Å². The number of carbonyl (C=O) groups excluding carboxylic acids is 4. The molecule has 0 aromatic heterocycles. The third-order valence-electron chi connectivity index (χ3n) is 4.15. The van der Waals surface area contributed by atoms with Crippen molar-refractivity contribution in [1.29, 1.82) is 0 Å². The Morgan fingerprint density at radius 3 is 2.63 bits per heavy atom. The molecule has 3 amide bonds. The fraction of sp³-hybridized carbons (Fsp3) is 0.444. The van der Waals surface area contributed by atoms with Gasteiger partial charge in [-0.2, -0.15) is 0 Å². The summed E-state index contributed by atoms with van der Waals surface area (Å²) in [6, 6.07) is 4.45. The summed E-state index contributed by atoms with van der Waals surface area (Å²) in [6.07, 6.45) is 0.399. The van der Waals surface area contributed by atoms with E-state index in [0.29, 0.717) is 0 Å². The van der Waals surface area contributed by atoms with E-state index < -0.39 is 42.3 Å². The zero-order chi connectivity index (χ0) is 20.0. The summed E-state index contributed by atoms with van der Waals surface area (Å²) in [5.74, 6) is -2.24. The van der Waals surface area contributed by atoms with Gasteiger partial charge < -0.3 is 20.9 Å². The van der Waals surface area contributed by atoms with Crippen molar-refractivity contribution in [3.8, 4) is 5.75 Å². The SMILES string of the molecule is CCOC(=O)CN1C(=O)CC[C@H](NC(=O)[C@@H](N)Cc2ccc(O)cc2)C1=O. The molecule has 1 aromatic rings. The normalized spacial score (nSPS) is 18.1. The van der Waals surface area contributed by atoms with E-state index in [2.05, 4.69) is 5.32 Å². The molecule has 0 aliphatic carbocycles. The first kappa shape index (κ1) is 20.4. The number of piperidine rings is 1. The van der Waals surface area contributed by atoms with Crippen LogP contribution in [0.1, 0.15) is 25.3 Å². The largest absolute Gasteiger partial charge is 0.508 e. The van der Waals surface area contributed by atoms with Crippen molar-refractivity contribution in [2.75, 3.05) is 13.2 Å².